The van der Waals surface area contributed by atoms with E-state index in [1.165, 1.54) is 0 Å². The second kappa shape index (κ2) is 6.71. The minimum absolute atomic E-state index is 0.574. The van der Waals surface area contributed by atoms with Gasteiger partial charge in [-0.25, -0.2) is 9.97 Å². The van der Waals surface area contributed by atoms with Crippen molar-refractivity contribution >= 4 is 17.4 Å². The molecule has 106 valence electrons. The summed E-state index contributed by atoms with van der Waals surface area (Å²) in [6, 6.07) is 9.65. The van der Waals surface area contributed by atoms with E-state index in [1.807, 2.05) is 30.3 Å². The van der Waals surface area contributed by atoms with E-state index in [1.54, 1.807) is 0 Å². The van der Waals surface area contributed by atoms with Crippen molar-refractivity contribution in [3.63, 3.8) is 0 Å². The monoisotopic (exact) mass is 289 g/mol. The lowest BCUT2D eigenvalue weighted by Gasteiger charge is -2.11. The highest BCUT2D eigenvalue weighted by molar-refractivity contribution is 6.30. The molecule has 0 amide bonds. The third-order valence-corrected chi connectivity index (χ3v) is 3.15. The second-order valence-corrected chi connectivity index (χ2v) is 5.64. The van der Waals surface area contributed by atoms with Crippen LogP contribution in [0.1, 0.15) is 26.5 Å². The first-order chi connectivity index (χ1) is 9.58. The van der Waals surface area contributed by atoms with Crippen LogP contribution in [0.3, 0.4) is 0 Å². The molecule has 1 aromatic carbocycles. The van der Waals surface area contributed by atoms with Gasteiger partial charge in [-0.3, -0.25) is 0 Å². The molecule has 1 heterocycles. The zero-order chi connectivity index (χ0) is 14.5. The molecule has 0 spiro atoms. The van der Waals surface area contributed by atoms with Crippen LogP contribution in [0.4, 0.5) is 5.82 Å². The predicted octanol–water partition coefficient (Wildman–Crippen LogP) is 4.43. The Kier molecular flexibility index (Phi) is 4.96. The highest BCUT2D eigenvalue weighted by Crippen LogP contribution is 2.21. The Morgan fingerprint density at radius 2 is 2.00 bits per heavy atom. The lowest BCUT2D eigenvalue weighted by atomic mass is 10.2. The molecular weight excluding hydrogens is 270 g/mol. The predicted molar refractivity (Wildman–Crippen MR) is 85.2 cm³/mol. The summed E-state index contributed by atoms with van der Waals surface area (Å²) in [6.45, 7) is 7.34. The summed E-state index contributed by atoms with van der Waals surface area (Å²) in [5.41, 5.74) is 1.97. The fourth-order valence-electron chi connectivity index (χ4n) is 1.83. The number of hydrogen-bond donors (Lipinski definition) is 1. The molecule has 0 aliphatic rings. The fourth-order valence-corrected chi connectivity index (χ4v) is 2.02. The van der Waals surface area contributed by atoms with Crippen LogP contribution >= 0.6 is 11.6 Å². The van der Waals surface area contributed by atoms with Crippen molar-refractivity contribution in [1.29, 1.82) is 0 Å². The van der Waals surface area contributed by atoms with Crippen LogP contribution in [0.25, 0.3) is 11.4 Å². The van der Waals surface area contributed by atoms with Gasteiger partial charge in [-0.2, -0.15) is 0 Å². The topological polar surface area (TPSA) is 37.8 Å². The molecule has 0 aliphatic carbocycles. The van der Waals surface area contributed by atoms with Crippen LogP contribution in [0.15, 0.2) is 30.3 Å². The first-order valence-electron chi connectivity index (χ1n) is 6.96. The highest BCUT2D eigenvalue weighted by atomic mass is 35.5. The zero-order valence-electron chi connectivity index (χ0n) is 12.2. The summed E-state index contributed by atoms with van der Waals surface area (Å²) in [5, 5.41) is 4.06. The first-order valence-corrected chi connectivity index (χ1v) is 7.34. The normalized spacial score (nSPS) is 10.8. The van der Waals surface area contributed by atoms with Crippen molar-refractivity contribution in [2.24, 2.45) is 5.92 Å². The van der Waals surface area contributed by atoms with E-state index in [0.29, 0.717) is 10.9 Å². The van der Waals surface area contributed by atoms with E-state index in [4.69, 9.17) is 11.6 Å². The average molecular weight is 290 g/mol. The molecule has 0 unspecified atom stereocenters. The van der Waals surface area contributed by atoms with Gasteiger partial charge in [0.25, 0.3) is 0 Å². The number of hydrogen-bond acceptors (Lipinski definition) is 3. The smallest absolute Gasteiger partial charge is 0.161 e. The van der Waals surface area contributed by atoms with Crippen LogP contribution in [-0.2, 0) is 6.42 Å². The Balaban J connectivity index is 2.35. The molecule has 1 N–H and O–H groups in total. The van der Waals surface area contributed by atoms with E-state index in [2.05, 4.69) is 36.1 Å². The third-order valence-electron chi connectivity index (χ3n) is 2.92. The van der Waals surface area contributed by atoms with E-state index < -0.39 is 0 Å². The van der Waals surface area contributed by atoms with Gasteiger partial charge >= 0.3 is 0 Å². The number of aryl methyl sites for hydroxylation is 1. The average Bonchev–Trinajstić information content (AvgIpc) is 2.44. The van der Waals surface area contributed by atoms with Gasteiger partial charge in [-0.1, -0.05) is 44.5 Å². The zero-order valence-corrected chi connectivity index (χ0v) is 12.9. The number of anilines is 1. The van der Waals surface area contributed by atoms with Crippen LogP contribution in [0.5, 0.6) is 0 Å². The van der Waals surface area contributed by atoms with Gasteiger partial charge in [-0.05, 0) is 24.5 Å². The molecule has 2 rings (SSSR count). The summed E-state index contributed by atoms with van der Waals surface area (Å²) >= 11 is 6.04. The SMILES string of the molecule is CCc1cc(NCC(C)C)nc(-c2cccc(Cl)c2)n1. The summed E-state index contributed by atoms with van der Waals surface area (Å²) in [4.78, 5) is 9.16. The van der Waals surface area contributed by atoms with Crippen molar-refractivity contribution in [3.05, 3.63) is 41.0 Å². The van der Waals surface area contributed by atoms with Crippen LogP contribution in [-0.4, -0.2) is 16.5 Å². The lowest BCUT2D eigenvalue weighted by Crippen LogP contribution is -2.10. The van der Waals surface area contributed by atoms with Gasteiger partial charge in [0.1, 0.15) is 5.82 Å². The number of halogens is 1. The minimum atomic E-state index is 0.574. The van der Waals surface area contributed by atoms with Crippen molar-refractivity contribution in [2.45, 2.75) is 27.2 Å². The highest BCUT2D eigenvalue weighted by Gasteiger charge is 2.07. The molecule has 0 radical (unpaired) electrons. The number of nitrogens with one attached hydrogen (secondary N) is 1. The standard InChI is InChI=1S/C16H20ClN3/c1-4-14-9-15(18-10-11(2)3)20-16(19-14)12-6-5-7-13(17)8-12/h5-9,11H,4,10H2,1-3H3,(H,18,19,20). The number of nitrogens with zero attached hydrogens (tertiary/aromatic N) is 2. The molecule has 20 heavy (non-hydrogen) atoms. The Bertz CT molecular complexity index is 582. The number of benzene rings is 1. The van der Waals surface area contributed by atoms with Crippen molar-refractivity contribution < 1.29 is 0 Å². The van der Waals surface area contributed by atoms with Crippen LogP contribution in [0.2, 0.25) is 5.02 Å². The van der Waals surface area contributed by atoms with Crippen molar-refractivity contribution in [1.82, 2.24) is 9.97 Å². The number of rotatable bonds is 5. The summed E-state index contributed by atoms with van der Waals surface area (Å²) in [6.07, 6.45) is 0.881. The summed E-state index contributed by atoms with van der Waals surface area (Å²) < 4.78 is 0. The molecule has 4 heteroatoms. The third kappa shape index (κ3) is 3.94. The largest absolute Gasteiger partial charge is 0.370 e. The van der Waals surface area contributed by atoms with E-state index in [9.17, 15) is 0 Å². The first kappa shape index (κ1) is 14.8. The molecule has 0 atom stereocenters. The molecule has 0 saturated carbocycles. The van der Waals surface area contributed by atoms with Crippen LogP contribution in [0, 0.1) is 5.92 Å². The Hall–Kier alpha value is -1.61. The molecular formula is C16H20ClN3. The van der Waals surface area contributed by atoms with E-state index in [0.717, 1.165) is 35.9 Å². The Morgan fingerprint density at radius 3 is 2.65 bits per heavy atom. The fraction of sp³-hybridized carbons (Fsp3) is 0.375. The van der Waals surface area contributed by atoms with Gasteiger partial charge in [0.05, 0.1) is 0 Å². The minimum Gasteiger partial charge on any atom is -0.370 e. The molecule has 3 nitrogen and oxygen atoms in total. The van der Waals surface area contributed by atoms with Gasteiger partial charge in [-0.15, -0.1) is 0 Å². The molecule has 1 aromatic heterocycles. The van der Waals surface area contributed by atoms with Gasteiger partial charge in [0, 0.05) is 28.9 Å². The van der Waals surface area contributed by atoms with E-state index in [-0.39, 0.29) is 0 Å². The van der Waals surface area contributed by atoms with E-state index >= 15 is 0 Å². The summed E-state index contributed by atoms with van der Waals surface area (Å²) in [5.74, 6) is 2.17. The quantitative estimate of drug-likeness (QED) is 0.885. The second-order valence-electron chi connectivity index (χ2n) is 5.21. The molecule has 0 fully saturated rings. The Morgan fingerprint density at radius 1 is 1.20 bits per heavy atom. The Labute approximate surface area is 125 Å². The lowest BCUT2D eigenvalue weighted by molar-refractivity contribution is 0.686. The molecule has 0 bridgehead atoms. The maximum absolute atomic E-state index is 6.04. The summed E-state index contributed by atoms with van der Waals surface area (Å²) in [7, 11) is 0. The molecule has 2 aromatic rings. The van der Waals surface area contributed by atoms with Gasteiger partial charge in [0.15, 0.2) is 5.82 Å². The number of aromatic nitrogens is 2. The van der Waals surface area contributed by atoms with Crippen LogP contribution < -0.4 is 5.32 Å². The molecule has 0 aliphatic heterocycles. The van der Waals surface area contributed by atoms with Gasteiger partial charge < -0.3 is 5.32 Å². The van der Waals surface area contributed by atoms with Gasteiger partial charge in [0.2, 0.25) is 0 Å². The van der Waals surface area contributed by atoms with Crippen molar-refractivity contribution in [2.75, 3.05) is 11.9 Å². The molecule has 0 saturated heterocycles. The maximum Gasteiger partial charge on any atom is 0.161 e. The maximum atomic E-state index is 6.04. The van der Waals surface area contributed by atoms with Crippen molar-refractivity contribution in [3.8, 4) is 11.4 Å².